The van der Waals surface area contributed by atoms with Gasteiger partial charge in [0, 0.05) is 31.2 Å². The summed E-state index contributed by atoms with van der Waals surface area (Å²) in [6.07, 6.45) is 5.28. The van der Waals surface area contributed by atoms with Crippen LogP contribution < -0.4 is 10.2 Å². The zero-order chi connectivity index (χ0) is 15.4. The Kier molecular flexibility index (Phi) is 4.27. The molecule has 0 saturated carbocycles. The molecule has 1 aliphatic rings. The zero-order valence-electron chi connectivity index (χ0n) is 12.6. The van der Waals surface area contributed by atoms with E-state index in [1.165, 1.54) is 0 Å². The van der Waals surface area contributed by atoms with Crippen LogP contribution in [0.2, 0.25) is 0 Å². The zero-order valence-corrected chi connectivity index (χ0v) is 12.6. The third-order valence-electron chi connectivity index (χ3n) is 3.77. The first-order chi connectivity index (χ1) is 10.7. The summed E-state index contributed by atoms with van der Waals surface area (Å²) in [5.74, 6) is 1.24. The van der Waals surface area contributed by atoms with E-state index >= 15 is 0 Å². The van der Waals surface area contributed by atoms with Gasteiger partial charge in [-0.1, -0.05) is 6.07 Å². The molecule has 0 aromatic carbocycles. The van der Waals surface area contributed by atoms with Crippen molar-refractivity contribution in [2.45, 2.75) is 19.8 Å². The van der Waals surface area contributed by atoms with Gasteiger partial charge in [-0.2, -0.15) is 0 Å². The fourth-order valence-electron chi connectivity index (χ4n) is 2.67. The third kappa shape index (κ3) is 3.39. The molecule has 6 heteroatoms. The molecule has 1 atom stereocenters. The van der Waals surface area contributed by atoms with Crippen molar-refractivity contribution in [3.8, 4) is 0 Å². The Morgan fingerprint density at radius 3 is 2.86 bits per heavy atom. The van der Waals surface area contributed by atoms with Gasteiger partial charge in [-0.3, -0.25) is 4.79 Å². The topological polar surface area (TPSA) is 71.0 Å². The number of rotatable bonds is 3. The molecule has 0 aliphatic carbocycles. The molecule has 6 nitrogen and oxygen atoms in total. The lowest BCUT2D eigenvalue weighted by Crippen LogP contribution is -2.41. The molecule has 1 fully saturated rings. The van der Waals surface area contributed by atoms with Crippen molar-refractivity contribution in [2.75, 3.05) is 23.3 Å². The normalized spacial score (nSPS) is 18.0. The number of aryl methyl sites for hydroxylation is 1. The lowest BCUT2D eigenvalue weighted by atomic mass is 9.97. The molecule has 1 aliphatic heterocycles. The standard InChI is InChI=1S/C16H19N5O/c1-12-5-2-7-14(19-12)20-15(22)13-6-3-10-21(11-13)16-17-8-4-9-18-16/h2,4-5,7-9,13H,3,6,10-11H2,1H3,(H,19,20,22). The number of aromatic nitrogens is 3. The second-order valence-corrected chi connectivity index (χ2v) is 5.49. The van der Waals surface area contributed by atoms with Crippen LogP contribution >= 0.6 is 0 Å². The number of carbonyl (C=O) groups is 1. The monoisotopic (exact) mass is 297 g/mol. The van der Waals surface area contributed by atoms with Crippen molar-refractivity contribution >= 4 is 17.7 Å². The SMILES string of the molecule is Cc1cccc(NC(=O)C2CCCN(c3ncccn3)C2)n1. The van der Waals surface area contributed by atoms with Crippen LogP contribution in [-0.2, 0) is 4.79 Å². The first-order valence-electron chi connectivity index (χ1n) is 7.49. The number of nitrogens with zero attached hydrogens (tertiary/aromatic N) is 4. The van der Waals surface area contributed by atoms with Crippen molar-refractivity contribution in [1.82, 2.24) is 15.0 Å². The lowest BCUT2D eigenvalue weighted by molar-refractivity contribution is -0.120. The van der Waals surface area contributed by atoms with E-state index in [2.05, 4.69) is 25.2 Å². The van der Waals surface area contributed by atoms with Crippen LogP contribution in [0.1, 0.15) is 18.5 Å². The molecule has 114 valence electrons. The highest BCUT2D eigenvalue weighted by Gasteiger charge is 2.27. The summed E-state index contributed by atoms with van der Waals surface area (Å²) < 4.78 is 0. The van der Waals surface area contributed by atoms with Gasteiger partial charge in [-0.15, -0.1) is 0 Å². The van der Waals surface area contributed by atoms with Gasteiger partial charge in [-0.05, 0) is 38.0 Å². The summed E-state index contributed by atoms with van der Waals surface area (Å²) in [6, 6.07) is 7.40. The molecular formula is C16H19N5O. The van der Waals surface area contributed by atoms with Gasteiger partial charge in [-0.25, -0.2) is 15.0 Å². The first kappa shape index (κ1) is 14.4. The maximum absolute atomic E-state index is 12.4. The van der Waals surface area contributed by atoms with Crippen LogP contribution in [0.3, 0.4) is 0 Å². The third-order valence-corrected chi connectivity index (χ3v) is 3.77. The maximum atomic E-state index is 12.4. The van der Waals surface area contributed by atoms with Crippen LogP contribution in [0.5, 0.6) is 0 Å². The molecule has 3 heterocycles. The van der Waals surface area contributed by atoms with Crippen molar-refractivity contribution in [1.29, 1.82) is 0 Å². The van der Waals surface area contributed by atoms with Gasteiger partial charge in [0.15, 0.2) is 0 Å². The van der Waals surface area contributed by atoms with E-state index in [4.69, 9.17) is 0 Å². The Morgan fingerprint density at radius 1 is 1.27 bits per heavy atom. The predicted molar refractivity (Wildman–Crippen MR) is 84.6 cm³/mol. The summed E-state index contributed by atoms with van der Waals surface area (Å²) in [7, 11) is 0. The molecular weight excluding hydrogens is 278 g/mol. The summed E-state index contributed by atoms with van der Waals surface area (Å²) in [4.78, 5) is 27.3. The van der Waals surface area contributed by atoms with E-state index in [1.807, 2.05) is 25.1 Å². The fourth-order valence-corrected chi connectivity index (χ4v) is 2.67. The van der Waals surface area contributed by atoms with E-state index in [1.54, 1.807) is 18.5 Å². The van der Waals surface area contributed by atoms with Crippen molar-refractivity contribution in [2.24, 2.45) is 5.92 Å². The van der Waals surface area contributed by atoms with Crippen molar-refractivity contribution < 1.29 is 4.79 Å². The molecule has 0 radical (unpaired) electrons. The number of pyridine rings is 1. The van der Waals surface area contributed by atoms with Crippen molar-refractivity contribution in [3.63, 3.8) is 0 Å². The average molecular weight is 297 g/mol. The van der Waals surface area contributed by atoms with Gasteiger partial charge in [0.2, 0.25) is 11.9 Å². The lowest BCUT2D eigenvalue weighted by Gasteiger charge is -2.31. The Balaban J connectivity index is 1.65. The Labute approximate surface area is 129 Å². The molecule has 2 aromatic rings. The highest BCUT2D eigenvalue weighted by atomic mass is 16.2. The number of hydrogen-bond donors (Lipinski definition) is 1. The molecule has 1 saturated heterocycles. The van der Waals surface area contributed by atoms with E-state index in [0.29, 0.717) is 18.3 Å². The van der Waals surface area contributed by atoms with Crippen LogP contribution in [-0.4, -0.2) is 33.9 Å². The Hall–Kier alpha value is -2.50. The minimum atomic E-state index is -0.0696. The van der Waals surface area contributed by atoms with E-state index in [-0.39, 0.29) is 11.8 Å². The first-order valence-corrected chi connectivity index (χ1v) is 7.49. The van der Waals surface area contributed by atoms with Gasteiger partial charge in [0.25, 0.3) is 0 Å². The molecule has 1 amide bonds. The molecule has 1 N–H and O–H groups in total. The number of nitrogens with one attached hydrogen (secondary N) is 1. The number of amides is 1. The number of anilines is 2. The Morgan fingerprint density at radius 2 is 2.09 bits per heavy atom. The summed E-state index contributed by atoms with van der Waals surface area (Å²) in [5, 5.41) is 2.91. The van der Waals surface area contributed by atoms with Crippen molar-refractivity contribution in [3.05, 3.63) is 42.4 Å². The molecule has 1 unspecified atom stereocenters. The smallest absolute Gasteiger partial charge is 0.230 e. The van der Waals surface area contributed by atoms with E-state index in [0.717, 1.165) is 25.1 Å². The average Bonchev–Trinajstić information content (AvgIpc) is 2.56. The van der Waals surface area contributed by atoms with Gasteiger partial charge in [0.1, 0.15) is 5.82 Å². The van der Waals surface area contributed by atoms with E-state index in [9.17, 15) is 4.79 Å². The quantitative estimate of drug-likeness (QED) is 0.938. The molecule has 0 bridgehead atoms. The highest BCUT2D eigenvalue weighted by Crippen LogP contribution is 2.21. The maximum Gasteiger partial charge on any atom is 0.230 e. The molecule has 3 rings (SSSR count). The van der Waals surface area contributed by atoms with E-state index < -0.39 is 0 Å². The second kappa shape index (κ2) is 6.51. The number of carbonyl (C=O) groups excluding carboxylic acids is 1. The predicted octanol–water partition coefficient (Wildman–Crippen LogP) is 2.04. The Bertz CT molecular complexity index is 646. The largest absolute Gasteiger partial charge is 0.340 e. The van der Waals surface area contributed by atoms with Crippen LogP contribution in [0.4, 0.5) is 11.8 Å². The molecule has 0 spiro atoms. The van der Waals surface area contributed by atoms with Crippen LogP contribution in [0.15, 0.2) is 36.7 Å². The van der Waals surface area contributed by atoms with Gasteiger partial charge in [0.05, 0.1) is 5.92 Å². The fraction of sp³-hybridized carbons (Fsp3) is 0.375. The minimum Gasteiger partial charge on any atom is -0.340 e. The second-order valence-electron chi connectivity index (χ2n) is 5.49. The summed E-state index contributed by atoms with van der Waals surface area (Å²) in [6.45, 7) is 3.43. The summed E-state index contributed by atoms with van der Waals surface area (Å²) in [5.41, 5.74) is 0.890. The summed E-state index contributed by atoms with van der Waals surface area (Å²) >= 11 is 0. The van der Waals surface area contributed by atoms with Gasteiger partial charge >= 0.3 is 0 Å². The number of piperidine rings is 1. The van der Waals surface area contributed by atoms with Crippen LogP contribution in [0.25, 0.3) is 0 Å². The highest BCUT2D eigenvalue weighted by molar-refractivity contribution is 5.92. The molecule has 22 heavy (non-hydrogen) atoms. The van der Waals surface area contributed by atoms with Crippen LogP contribution in [0, 0.1) is 12.8 Å². The minimum absolute atomic E-state index is 0.0127. The number of hydrogen-bond acceptors (Lipinski definition) is 5. The van der Waals surface area contributed by atoms with Gasteiger partial charge < -0.3 is 10.2 Å². The molecule has 2 aromatic heterocycles.